The number of H-pyrrole nitrogens is 2. The summed E-state index contributed by atoms with van der Waals surface area (Å²) >= 11 is 0. The first kappa shape index (κ1) is 41.8. The van der Waals surface area contributed by atoms with Crippen LogP contribution >= 0.6 is 0 Å². The Hall–Kier alpha value is -6.18. The first-order chi connectivity index (χ1) is 30.9. The lowest BCUT2D eigenvalue weighted by molar-refractivity contribution is -0.137. The number of hydrogen-bond donors (Lipinski definition) is 4. The van der Waals surface area contributed by atoms with E-state index in [0.29, 0.717) is 24.3 Å². The molecule has 4 fully saturated rings. The number of carbonyl (C=O) groups is 4. The summed E-state index contributed by atoms with van der Waals surface area (Å²) in [6.45, 7) is 8.32. The van der Waals surface area contributed by atoms with Crippen molar-refractivity contribution in [1.29, 1.82) is 0 Å². The summed E-state index contributed by atoms with van der Waals surface area (Å²) in [5.74, 6) is 2.80. The Morgan fingerprint density at radius 2 is 1.42 bits per heavy atom. The highest BCUT2D eigenvalue weighted by molar-refractivity contribution is 5.89. The lowest BCUT2D eigenvalue weighted by Gasteiger charge is -2.31. The third kappa shape index (κ3) is 7.28. The van der Waals surface area contributed by atoms with Gasteiger partial charge in [-0.25, -0.2) is 19.6 Å². The van der Waals surface area contributed by atoms with E-state index in [1.807, 2.05) is 43.7 Å². The zero-order valence-corrected chi connectivity index (χ0v) is 37.4. The van der Waals surface area contributed by atoms with Crippen molar-refractivity contribution in [3.8, 4) is 33.5 Å². The molecule has 2 saturated carbocycles. The number of likely N-dealkylation sites (tertiary alicyclic amines) is 2. The summed E-state index contributed by atoms with van der Waals surface area (Å²) in [7, 11) is 2.62. The molecule has 3 aliphatic carbocycles. The second-order valence-electron chi connectivity index (χ2n) is 19.3. The average Bonchev–Trinajstić information content (AvgIpc) is 3.87. The van der Waals surface area contributed by atoms with E-state index < -0.39 is 24.3 Å². The van der Waals surface area contributed by atoms with Gasteiger partial charge in [0.25, 0.3) is 0 Å². The highest BCUT2D eigenvalue weighted by atomic mass is 16.5. The van der Waals surface area contributed by atoms with Gasteiger partial charge in [0.1, 0.15) is 23.7 Å². The number of nitrogens with zero attached hydrogens (tertiary/aromatic N) is 4. The van der Waals surface area contributed by atoms with Crippen LogP contribution in [0.25, 0.3) is 44.5 Å². The summed E-state index contributed by atoms with van der Waals surface area (Å²) in [5, 5.41) is 5.50. The van der Waals surface area contributed by atoms with Crippen LogP contribution < -0.4 is 10.6 Å². The van der Waals surface area contributed by atoms with Crippen LogP contribution in [0.4, 0.5) is 9.59 Å². The molecule has 0 bridgehead atoms. The van der Waals surface area contributed by atoms with E-state index in [9.17, 15) is 19.2 Å². The maximum absolute atomic E-state index is 14.0. The van der Waals surface area contributed by atoms with Gasteiger partial charge in [-0.05, 0) is 126 Å². The number of piperidine rings is 1. The van der Waals surface area contributed by atoms with Gasteiger partial charge >= 0.3 is 12.2 Å². The van der Waals surface area contributed by atoms with Crippen LogP contribution in [0.2, 0.25) is 0 Å². The number of methoxy groups -OCH3 is 2. The van der Waals surface area contributed by atoms with Crippen LogP contribution in [0.1, 0.15) is 107 Å². The van der Waals surface area contributed by atoms with Crippen LogP contribution in [0, 0.1) is 23.7 Å². The number of amides is 4. The minimum Gasteiger partial charge on any atom is -0.453 e. The van der Waals surface area contributed by atoms with Gasteiger partial charge in [-0.15, -0.1) is 0 Å². The molecule has 8 atom stereocenters. The fourth-order valence-corrected chi connectivity index (χ4v) is 11.2. The molecule has 14 heteroatoms. The van der Waals surface area contributed by atoms with Gasteiger partial charge < -0.3 is 39.9 Å². The highest BCUT2D eigenvalue weighted by Crippen LogP contribution is 2.57. The largest absolute Gasteiger partial charge is 0.453 e. The Morgan fingerprint density at radius 1 is 0.734 bits per heavy atom. The first-order valence-corrected chi connectivity index (χ1v) is 23.1. The van der Waals surface area contributed by atoms with Crippen LogP contribution in [0.3, 0.4) is 0 Å². The van der Waals surface area contributed by atoms with Gasteiger partial charge in [-0.3, -0.25) is 9.59 Å². The van der Waals surface area contributed by atoms with Crippen molar-refractivity contribution in [3.05, 3.63) is 83.6 Å². The zero-order valence-electron chi connectivity index (χ0n) is 37.4. The molecular weight excluding hydrogens is 809 g/mol. The molecule has 334 valence electrons. The number of benzene rings is 3. The quantitative estimate of drug-likeness (QED) is 0.102. The number of alkyl carbamates (subject to hydrolysis) is 2. The summed E-state index contributed by atoms with van der Waals surface area (Å²) in [5.41, 5.74) is 11.6. The molecule has 4 amide bonds. The maximum Gasteiger partial charge on any atom is 0.407 e. The van der Waals surface area contributed by atoms with Crippen molar-refractivity contribution >= 4 is 35.0 Å². The molecule has 2 aromatic heterocycles. The van der Waals surface area contributed by atoms with E-state index in [4.69, 9.17) is 19.4 Å². The molecule has 0 radical (unpaired) electrons. The number of nitrogens with one attached hydrogen (secondary N) is 4. The summed E-state index contributed by atoms with van der Waals surface area (Å²) in [6.07, 6.45) is 7.64. The van der Waals surface area contributed by atoms with Crippen molar-refractivity contribution < 1.29 is 28.7 Å². The fraction of sp³-hybridized carbons (Fsp3) is 0.480. The first-order valence-electron chi connectivity index (χ1n) is 23.1. The number of ether oxygens (including phenoxy) is 2. The number of carbonyl (C=O) groups excluding carboxylic acids is 4. The van der Waals surface area contributed by atoms with Crippen molar-refractivity contribution in [2.24, 2.45) is 23.7 Å². The molecule has 64 heavy (non-hydrogen) atoms. The predicted octanol–water partition coefficient (Wildman–Crippen LogP) is 8.42. The van der Waals surface area contributed by atoms with Gasteiger partial charge in [0.2, 0.25) is 11.8 Å². The highest BCUT2D eigenvalue weighted by Gasteiger charge is 2.56. The predicted molar refractivity (Wildman–Crippen MR) is 242 cm³/mol. The molecule has 10 rings (SSSR count). The summed E-state index contributed by atoms with van der Waals surface area (Å²) < 4.78 is 9.65. The Labute approximate surface area is 373 Å². The molecule has 4 heterocycles. The molecule has 2 saturated heterocycles. The number of fused-ring (bicyclic) bond motifs is 5. The molecule has 5 aliphatic rings. The van der Waals surface area contributed by atoms with Gasteiger partial charge in [-0.2, -0.15) is 0 Å². The topological polar surface area (TPSA) is 175 Å². The molecule has 0 spiro atoms. The Morgan fingerprint density at radius 3 is 2.11 bits per heavy atom. The average molecular weight is 867 g/mol. The number of rotatable bonds is 11. The Balaban J connectivity index is 0.888. The van der Waals surface area contributed by atoms with Gasteiger partial charge in [-0.1, -0.05) is 70.2 Å². The smallest absolute Gasteiger partial charge is 0.407 e. The van der Waals surface area contributed by atoms with E-state index in [1.165, 1.54) is 54.9 Å². The molecule has 14 nitrogen and oxygen atoms in total. The number of aromatic nitrogens is 4. The summed E-state index contributed by atoms with van der Waals surface area (Å²) in [4.78, 5) is 72.7. The number of imidazole rings is 2. The van der Waals surface area contributed by atoms with E-state index >= 15 is 0 Å². The van der Waals surface area contributed by atoms with Crippen molar-refractivity contribution in [2.75, 3.05) is 20.8 Å². The van der Waals surface area contributed by atoms with Crippen molar-refractivity contribution in [3.63, 3.8) is 0 Å². The van der Waals surface area contributed by atoms with Gasteiger partial charge in [0, 0.05) is 12.6 Å². The van der Waals surface area contributed by atoms with Crippen LogP contribution in [0.5, 0.6) is 0 Å². The third-order valence-electron chi connectivity index (χ3n) is 14.8. The normalized spacial score (nSPS) is 23.9. The van der Waals surface area contributed by atoms with Crippen molar-refractivity contribution in [1.82, 2.24) is 40.4 Å². The van der Waals surface area contributed by atoms with E-state index in [1.54, 1.807) is 0 Å². The van der Waals surface area contributed by atoms with Crippen LogP contribution in [0.15, 0.2) is 60.8 Å². The van der Waals surface area contributed by atoms with Gasteiger partial charge in [0.15, 0.2) is 0 Å². The number of aromatic amines is 2. The standard InChI is InChI=1S/C50H58N8O6/c1-25(2)43(55-49(61)63-5)47(59)57-19-7-8-39(57)45-51-24-38(54-45)28-11-9-27(10-12-28)33-17-16-32(35-20-29-13-15-34(29)42(33)35)30-14-18-36-37(21-30)53-46(52-36)41-23-31-22-40(31)58(41)48(60)44(26(3)4)56-50(62)64-6/h9-12,14,16-18,21,24-26,29,31,34,39-41,43-44H,7-8,13,15,19-20,22-23H2,1-6H3,(H,51,54)(H,52,53)(H,55,61)(H,56,62)/t29?,31?,34?,39-,40?,41-,43-,44-/m0/s1. The van der Waals surface area contributed by atoms with Gasteiger partial charge in [0.05, 0.1) is 49.2 Å². The molecule has 5 aromatic rings. The fourth-order valence-electron chi connectivity index (χ4n) is 11.2. The SMILES string of the molecule is COC(=O)N[C@H](C(=O)N1CCC[C@H]1c1ncc(-c2ccc(-c3ccc(-c4ccc5nc([C@@H]6CC7CC7N6C(=O)[C@@H](NC(=O)OC)C(C)C)[nH]c5c4)c4c3C3CCC3C4)cc2)[nH]1)C(C)C. The van der Waals surface area contributed by atoms with Crippen molar-refractivity contribution in [2.45, 2.75) is 109 Å². The molecule has 3 aromatic carbocycles. The molecule has 4 N–H and O–H groups in total. The van der Waals surface area contributed by atoms with E-state index in [-0.39, 0.29) is 41.8 Å². The Bertz CT molecular complexity index is 2630. The molecular formula is C50H58N8O6. The second kappa shape index (κ2) is 16.4. The van der Waals surface area contributed by atoms with Crippen LogP contribution in [-0.4, -0.2) is 92.6 Å². The summed E-state index contributed by atoms with van der Waals surface area (Å²) in [6, 6.07) is 18.2. The monoisotopic (exact) mass is 866 g/mol. The minimum atomic E-state index is -0.684. The lowest BCUT2D eigenvalue weighted by Crippen LogP contribution is -2.52. The van der Waals surface area contributed by atoms with Crippen LogP contribution in [-0.2, 0) is 25.5 Å². The second-order valence-corrected chi connectivity index (χ2v) is 19.3. The maximum atomic E-state index is 14.0. The zero-order chi connectivity index (χ0) is 44.6. The van der Waals surface area contributed by atoms with E-state index in [2.05, 4.69) is 75.2 Å². The molecule has 4 unspecified atom stereocenters. The number of hydrogen-bond acceptors (Lipinski definition) is 8. The van der Waals surface area contributed by atoms with E-state index in [0.717, 1.165) is 71.6 Å². The Kier molecular flexibility index (Phi) is 10.7. The minimum absolute atomic E-state index is 0.0826. The third-order valence-corrected chi connectivity index (χ3v) is 14.8. The molecule has 2 aliphatic heterocycles. The lowest BCUT2D eigenvalue weighted by atomic mass is 9.73.